The number of benzene rings is 1. The minimum absolute atomic E-state index is 0.109. The van der Waals surface area contributed by atoms with E-state index in [1.165, 1.54) is 11.9 Å². The van der Waals surface area contributed by atoms with E-state index in [1.54, 1.807) is 11.0 Å². The fraction of sp³-hybridized carbons (Fsp3) is 0.389. The Morgan fingerprint density at radius 2 is 2.25 bits per heavy atom. The standard InChI is InChI=1S/C18H21N5O/c1-12-13(2)21-17-6-5-14(8-16(12)17)18(24)23-7-3-4-15(23)9-22-11-19-10-20-22/h5-6,8,10-11,15,21H,3-4,7,9H2,1-2H3. The van der Waals surface area contributed by atoms with Gasteiger partial charge in [0.15, 0.2) is 0 Å². The third-order valence-electron chi connectivity index (χ3n) is 5.06. The van der Waals surface area contributed by atoms with Crippen LogP contribution >= 0.6 is 0 Å². The van der Waals surface area contributed by atoms with E-state index in [0.717, 1.165) is 41.5 Å². The summed E-state index contributed by atoms with van der Waals surface area (Å²) in [6.45, 7) is 5.66. The molecule has 6 heteroatoms. The number of aromatic amines is 1. The Kier molecular flexibility index (Phi) is 3.59. The van der Waals surface area contributed by atoms with Gasteiger partial charge in [0.25, 0.3) is 5.91 Å². The second-order valence-corrected chi connectivity index (χ2v) is 6.55. The van der Waals surface area contributed by atoms with Gasteiger partial charge in [-0.2, -0.15) is 5.10 Å². The third-order valence-corrected chi connectivity index (χ3v) is 5.06. The molecular weight excluding hydrogens is 302 g/mol. The molecule has 1 unspecified atom stereocenters. The fourth-order valence-electron chi connectivity index (χ4n) is 3.60. The molecule has 1 N–H and O–H groups in total. The van der Waals surface area contributed by atoms with Gasteiger partial charge in [0.2, 0.25) is 0 Å². The molecule has 0 radical (unpaired) electrons. The lowest BCUT2D eigenvalue weighted by atomic mass is 10.1. The molecular formula is C18H21N5O. The van der Waals surface area contributed by atoms with Crippen molar-refractivity contribution in [2.24, 2.45) is 0 Å². The van der Waals surface area contributed by atoms with E-state index < -0.39 is 0 Å². The van der Waals surface area contributed by atoms with Crippen LogP contribution in [0.5, 0.6) is 0 Å². The number of aromatic nitrogens is 4. The largest absolute Gasteiger partial charge is 0.358 e. The number of nitrogens with zero attached hydrogens (tertiary/aromatic N) is 4. The first kappa shape index (κ1) is 14.9. The smallest absolute Gasteiger partial charge is 0.254 e. The monoisotopic (exact) mass is 323 g/mol. The molecule has 1 atom stereocenters. The lowest BCUT2D eigenvalue weighted by Crippen LogP contribution is -2.38. The quantitative estimate of drug-likeness (QED) is 0.806. The van der Waals surface area contributed by atoms with E-state index >= 15 is 0 Å². The molecule has 6 nitrogen and oxygen atoms in total. The minimum atomic E-state index is 0.109. The topological polar surface area (TPSA) is 66.8 Å². The average molecular weight is 323 g/mol. The lowest BCUT2D eigenvalue weighted by molar-refractivity contribution is 0.0721. The maximum Gasteiger partial charge on any atom is 0.254 e. The third kappa shape index (κ3) is 2.48. The van der Waals surface area contributed by atoms with Gasteiger partial charge in [0.05, 0.1) is 12.6 Å². The second kappa shape index (κ2) is 5.78. The van der Waals surface area contributed by atoms with E-state index in [-0.39, 0.29) is 11.9 Å². The van der Waals surface area contributed by atoms with Crippen molar-refractivity contribution in [3.05, 3.63) is 47.7 Å². The van der Waals surface area contributed by atoms with Gasteiger partial charge in [0, 0.05) is 28.7 Å². The number of likely N-dealkylation sites (tertiary alicyclic amines) is 1. The van der Waals surface area contributed by atoms with E-state index in [4.69, 9.17) is 0 Å². The maximum atomic E-state index is 13.0. The van der Waals surface area contributed by atoms with Crippen LogP contribution in [0.15, 0.2) is 30.9 Å². The van der Waals surface area contributed by atoms with E-state index in [2.05, 4.69) is 28.9 Å². The van der Waals surface area contributed by atoms with Crippen LogP contribution in [0.3, 0.4) is 0 Å². The van der Waals surface area contributed by atoms with Crippen molar-refractivity contribution in [1.82, 2.24) is 24.6 Å². The summed E-state index contributed by atoms with van der Waals surface area (Å²) in [6.07, 6.45) is 5.29. The number of hydrogen-bond donors (Lipinski definition) is 1. The zero-order valence-corrected chi connectivity index (χ0v) is 14.0. The summed E-state index contributed by atoms with van der Waals surface area (Å²) < 4.78 is 1.80. The van der Waals surface area contributed by atoms with Crippen LogP contribution in [-0.2, 0) is 6.54 Å². The highest BCUT2D eigenvalue weighted by atomic mass is 16.2. The summed E-state index contributed by atoms with van der Waals surface area (Å²) in [6, 6.07) is 6.13. The number of H-pyrrole nitrogens is 1. The van der Waals surface area contributed by atoms with Crippen molar-refractivity contribution in [1.29, 1.82) is 0 Å². The maximum absolute atomic E-state index is 13.0. The molecule has 1 aliphatic heterocycles. The Morgan fingerprint density at radius 3 is 3.04 bits per heavy atom. The Bertz CT molecular complexity index is 880. The molecule has 1 saturated heterocycles. The summed E-state index contributed by atoms with van der Waals surface area (Å²) in [5.41, 5.74) is 4.21. The summed E-state index contributed by atoms with van der Waals surface area (Å²) in [5, 5.41) is 5.29. The van der Waals surface area contributed by atoms with Gasteiger partial charge in [0.1, 0.15) is 12.7 Å². The van der Waals surface area contributed by atoms with Crippen molar-refractivity contribution < 1.29 is 4.79 Å². The first-order valence-corrected chi connectivity index (χ1v) is 8.36. The Labute approximate surface area is 140 Å². The summed E-state index contributed by atoms with van der Waals surface area (Å²) in [5.74, 6) is 0.109. The molecule has 2 aromatic heterocycles. The first-order chi connectivity index (χ1) is 11.6. The van der Waals surface area contributed by atoms with Gasteiger partial charge in [-0.25, -0.2) is 4.98 Å². The SMILES string of the molecule is Cc1[nH]c2ccc(C(=O)N3CCCC3Cn3cncn3)cc2c1C. The molecule has 0 bridgehead atoms. The fourth-order valence-corrected chi connectivity index (χ4v) is 3.60. The molecule has 1 aromatic carbocycles. The number of hydrogen-bond acceptors (Lipinski definition) is 3. The number of amides is 1. The highest BCUT2D eigenvalue weighted by molar-refractivity contribution is 5.99. The van der Waals surface area contributed by atoms with Crippen molar-refractivity contribution in [3.8, 4) is 0 Å². The van der Waals surface area contributed by atoms with Crippen molar-refractivity contribution in [3.63, 3.8) is 0 Å². The molecule has 1 aliphatic rings. The van der Waals surface area contributed by atoms with Crippen LogP contribution in [0.25, 0.3) is 10.9 Å². The number of carbonyl (C=O) groups is 1. The summed E-state index contributed by atoms with van der Waals surface area (Å²) >= 11 is 0. The molecule has 0 saturated carbocycles. The van der Waals surface area contributed by atoms with Crippen LogP contribution in [0, 0.1) is 13.8 Å². The molecule has 4 rings (SSSR count). The van der Waals surface area contributed by atoms with Gasteiger partial charge in [-0.15, -0.1) is 0 Å². The van der Waals surface area contributed by atoms with Crippen molar-refractivity contribution >= 4 is 16.8 Å². The van der Waals surface area contributed by atoms with Crippen LogP contribution < -0.4 is 0 Å². The number of fused-ring (bicyclic) bond motifs is 1. The molecule has 24 heavy (non-hydrogen) atoms. The molecule has 0 aliphatic carbocycles. The summed E-state index contributed by atoms with van der Waals surface area (Å²) in [4.78, 5) is 22.3. The van der Waals surface area contributed by atoms with Crippen LogP contribution in [-0.4, -0.2) is 43.1 Å². The van der Waals surface area contributed by atoms with Gasteiger partial charge < -0.3 is 9.88 Å². The number of carbonyl (C=O) groups excluding carboxylic acids is 1. The molecule has 1 amide bonds. The average Bonchev–Trinajstić information content (AvgIpc) is 3.30. The highest BCUT2D eigenvalue weighted by Gasteiger charge is 2.30. The van der Waals surface area contributed by atoms with Gasteiger partial charge >= 0.3 is 0 Å². The number of aryl methyl sites for hydroxylation is 2. The lowest BCUT2D eigenvalue weighted by Gasteiger charge is -2.24. The number of rotatable bonds is 3. The van der Waals surface area contributed by atoms with Gasteiger partial charge in [-0.3, -0.25) is 9.48 Å². The Morgan fingerprint density at radius 1 is 1.38 bits per heavy atom. The zero-order valence-electron chi connectivity index (χ0n) is 14.0. The zero-order chi connectivity index (χ0) is 16.7. The van der Waals surface area contributed by atoms with Crippen LogP contribution in [0.1, 0.15) is 34.5 Å². The Hall–Kier alpha value is -2.63. The molecule has 3 heterocycles. The second-order valence-electron chi connectivity index (χ2n) is 6.55. The van der Waals surface area contributed by atoms with Crippen molar-refractivity contribution in [2.75, 3.05) is 6.54 Å². The molecule has 124 valence electrons. The molecule has 0 spiro atoms. The predicted molar refractivity (Wildman–Crippen MR) is 91.9 cm³/mol. The van der Waals surface area contributed by atoms with Gasteiger partial charge in [-0.1, -0.05) is 0 Å². The predicted octanol–water partition coefficient (Wildman–Crippen LogP) is 2.68. The van der Waals surface area contributed by atoms with Crippen molar-refractivity contribution in [2.45, 2.75) is 39.3 Å². The van der Waals surface area contributed by atoms with E-state index in [9.17, 15) is 4.79 Å². The van der Waals surface area contributed by atoms with Crippen LogP contribution in [0.4, 0.5) is 0 Å². The van der Waals surface area contributed by atoms with E-state index in [1.807, 2.05) is 23.1 Å². The first-order valence-electron chi connectivity index (χ1n) is 8.36. The molecule has 1 fully saturated rings. The Balaban J connectivity index is 1.61. The highest BCUT2D eigenvalue weighted by Crippen LogP contribution is 2.25. The van der Waals surface area contributed by atoms with Crippen LogP contribution in [0.2, 0.25) is 0 Å². The number of nitrogens with one attached hydrogen (secondary N) is 1. The summed E-state index contributed by atoms with van der Waals surface area (Å²) in [7, 11) is 0. The normalized spacial score (nSPS) is 17.8. The molecule has 3 aromatic rings. The van der Waals surface area contributed by atoms with E-state index in [0.29, 0.717) is 6.54 Å². The minimum Gasteiger partial charge on any atom is -0.358 e. The van der Waals surface area contributed by atoms with Gasteiger partial charge in [-0.05, 0) is 50.5 Å².